The van der Waals surface area contributed by atoms with Gasteiger partial charge in [-0.25, -0.2) is 13.4 Å². The van der Waals surface area contributed by atoms with Gasteiger partial charge in [0.05, 0.1) is 11.3 Å². The van der Waals surface area contributed by atoms with E-state index in [0.717, 1.165) is 28.1 Å². The Morgan fingerprint density at radius 2 is 1.85 bits per heavy atom. The van der Waals surface area contributed by atoms with Crippen LogP contribution in [0.2, 0.25) is 0 Å². The Morgan fingerprint density at radius 3 is 2.54 bits per heavy atom. The van der Waals surface area contributed by atoms with Gasteiger partial charge in [-0.15, -0.1) is 10.2 Å². The van der Waals surface area contributed by atoms with Crippen LogP contribution in [0.5, 0.6) is 0 Å². The molecule has 2 N–H and O–H groups in total. The molecule has 1 unspecified atom stereocenters. The van der Waals surface area contributed by atoms with Gasteiger partial charge >= 0.3 is 0 Å². The maximum atomic E-state index is 12.4. The minimum atomic E-state index is -3.38. The minimum Gasteiger partial charge on any atom is -0.310 e. The molecular formula is C27H28N6O4S2. The smallest absolute Gasteiger partial charge is 0.230 e. The van der Waals surface area contributed by atoms with Crippen LogP contribution in [0, 0.1) is 0 Å². The highest BCUT2D eigenvalue weighted by atomic mass is 32.2. The molecule has 10 nitrogen and oxygen atoms in total. The Hall–Kier alpha value is -4.03. The van der Waals surface area contributed by atoms with E-state index >= 15 is 0 Å². The molecule has 1 aromatic carbocycles. The lowest BCUT2D eigenvalue weighted by molar-refractivity contribution is -0.116. The van der Waals surface area contributed by atoms with Crippen molar-refractivity contribution in [1.29, 1.82) is 0 Å². The first-order valence-corrected chi connectivity index (χ1v) is 14.9. The molecule has 12 heteroatoms. The number of pyridine rings is 2. The lowest BCUT2D eigenvalue weighted by Crippen LogP contribution is -2.15. The quantitative estimate of drug-likeness (QED) is 0.278. The highest BCUT2D eigenvalue weighted by Gasteiger charge is 2.18. The number of anilines is 2. The number of hydrogen-bond acceptors (Lipinski definition) is 9. The van der Waals surface area contributed by atoms with E-state index in [4.69, 9.17) is 0 Å². The third-order valence-electron chi connectivity index (χ3n) is 5.87. The van der Waals surface area contributed by atoms with Crippen molar-refractivity contribution in [1.82, 2.24) is 20.2 Å². The molecular weight excluding hydrogens is 536 g/mol. The summed E-state index contributed by atoms with van der Waals surface area (Å²) in [7, 11) is -3.38. The second kappa shape index (κ2) is 12.7. The number of carbonyl (C=O) groups is 2. The van der Waals surface area contributed by atoms with Crippen molar-refractivity contribution in [3.8, 4) is 0 Å². The van der Waals surface area contributed by atoms with Gasteiger partial charge in [0.25, 0.3) is 0 Å². The third-order valence-corrected chi connectivity index (χ3v) is 7.87. The molecule has 0 saturated carbocycles. The van der Waals surface area contributed by atoms with Gasteiger partial charge in [0, 0.05) is 44.1 Å². The number of aromatic nitrogens is 4. The molecule has 0 bridgehead atoms. The molecule has 2 amide bonds. The third kappa shape index (κ3) is 8.23. The highest BCUT2D eigenvalue weighted by molar-refractivity contribution is 7.90. The van der Waals surface area contributed by atoms with Crippen LogP contribution in [0.15, 0.2) is 72.0 Å². The lowest BCUT2D eigenvalue weighted by Gasteiger charge is -2.19. The average molecular weight is 565 g/mol. The summed E-state index contributed by atoms with van der Waals surface area (Å²) in [5.41, 5.74) is 2.54. The van der Waals surface area contributed by atoms with Gasteiger partial charge < -0.3 is 10.6 Å². The van der Waals surface area contributed by atoms with Gasteiger partial charge in [0.2, 0.25) is 16.9 Å². The minimum absolute atomic E-state index is 0.137. The number of rotatable bonds is 11. The summed E-state index contributed by atoms with van der Waals surface area (Å²) in [6.07, 6.45) is 8.46. The summed E-state index contributed by atoms with van der Waals surface area (Å²) < 4.78 is 24.4. The van der Waals surface area contributed by atoms with Crippen molar-refractivity contribution in [2.45, 2.75) is 43.4 Å². The van der Waals surface area contributed by atoms with Gasteiger partial charge in [-0.3, -0.25) is 14.6 Å². The van der Waals surface area contributed by atoms with E-state index in [-0.39, 0.29) is 29.0 Å². The zero-order valence-electron chi connectivity index (χ0n) is 21.5. The van der Waals surface area contributed by atoms with Gasteiger partial charge in [0.15, 0.2) is 9.84 Å². The van der Waals surface area contributed by atoms with Crippen molar-refractivity contribution in [2.75, 3.05) is 16.9 Å². The maximum Gasteiger partial charge on any atom is 0.230 e. The Kier molecular flexibility index (Phi) is 9.10. The Balaban J connectivity index is 1.50. The Morgan fingerprint density at radius 1 is 1.00 bits per heavy atom. The number of benzene rings is 1. The molecule has 4 rings (SSSR count). The van der Waals surface area contributed by atoms with E-state index in [0.29, 0.717) is 23.8 Å². The fourth-order valence-corrected chi connectivity index (χ4v) is 5.56. The predicted molar refractivity (Wildman–Crippen MR) is 149 cm³/mol. The van der Waals surface area contributed by atoms with Gasteiger partial charge in [-0.2, -0.15) is 0 Å². The van der Waals surface area contributed by atoms with Crippen LogP contribution in [0.25, 0.3) is 0 Å². The zero-order valence-corrected chi connectivity index (χ0v) is 23.1. The summed E-state index contributed by atoms with van der Waals surface area (Å²) in [6.45, 7) is 1.42. The standard InChI is InChI=1S/C27H28N6O4S2/c1-18(34)30-27-33-32-26(38-27)10-4-9-23(20-7-3-8-22(15-20)39(2,36)37)21-11-12-24(29-17-21)31-25(35)14-19-6-5-13-28-16-19/h3,5-8,11-13,15-17,23H,4,9-10,14H2,1-2H3,(H,29,31,35)(H,30,33,34). The Bertz CT molecular complexity index is 1540. The van der Waals surface area contributed by atoms with Crippen LogP contribution in [0.1, 0.15) is 47.4 Å². The number of sulfone groups is 1. The number of hydrogen-bond donors (Lipinski definition) is 2. The van der Waals surface area contributed by atoms with Crippen LogP contribution >= 0.6 is 11.3 Å². The molecule has 0 aliphatic rings. The first-order chi connectivity index (χ1) is 18.7. The second-order valence-corrected chi connectivity index (χ2v) is 12.1. The van der Waals surface area contributed by atoms with Crippen molar-refractivity contribution in [2.24, 2.45) is 0 Å². The van der Waals surface area contributed by atoms with E-state index in [1.807, 2.05) is 18.2 Å². The van der Waals surface area contributed by atoms with Crippen molar-refractivity contribution >= 4 is 43.9 Å². The first kappa shape index (κ1) is 28.0. The predicted octanol–water partition coefficient (Wildman–Crippen LogP) is 4.03. The second-order valence-electron chi connectivity index (χ2n) is 9.03. The van der Waals surface area contributed by atoms with Crippen LogP contribution in [0.4, 0.5) is 10.9 Å². The van der Waals surface area contributed by atoms with Gasteiger partial charge in [0.1, 0.15) is 10.8 Å². The van der Waals surface area contributed by atoms with Crippen LogP contribution < -0.4 is 10.6 Å². The molecule has 0 aliphatic heterocycles. The molecule has 3 aromatic heterocycles. The van der Waals surface area contributed by atoms with Crippen molar-refractivity contribution in [3.63, 3.8) is 0 Å². The van der Waals surface area contributed by atoms with Crippen molar-refractivity contribution < 1.29 is 18.0 Å². The fourth-order valence-electron chi connectivity index (χ4n) is 4.06. The molecule has 3 heterocycles. The number of carbonyl (C=O) groups excluding carboxylic acids is 2. The van der Waals surface area contributed by atoms with E-state index in [2.05, 4.69) is 30.8 Å². The van der Waals surface area contributed by atoms with E-state index in [1.54, 1.807) is 48.9 Å². The molecule has 4 aromatic rings. The first-order valence-electron chi connectivity index (χ1n) is 12.2. The van der Waals surface area contributed by atoms with Gasteiger partial charge in [-0.1, -0.05) is 35.6 Å². The monoisotopic (exact) mass is 564 g/mol. The molecule has 39 heavy (non-hydrogen) atoms. The molecule has 0 radical (unpaired) electrons. The fraction of sp³-hybridized carbons (Fsp3) is 0.259. The normalized spacial score (nSPS) is 12.1. The summed E-state index contributed by atoms with van der Waals surface area (Å²) in [5, 5.41) is 14.8. The maximum absolute atomic E-state index is 12.4. The summed E-state index contributed by atoms with van der Waals surface area (Å²) in [5.74, 6) is -0.109. The van der Waals surface area contributed by atoms with Crippen LogP contribution in [-0.2, 0) is 32.3 Å². The summed E-state index contributed by atoms with van der Waals surface area (Å²) in [6, 6.07) is 14.2. The van der Waals surface area contributed by atoms with E-state index < -0.39 is 9.84 Å². The Labute approximate surface area is 230 Å². The molecule has 0 fully saturated rings. The number of nitrogens with one attached hydrogen (secondary N) is 2. The topological polar surface area (TPSA) is 144 Å². The SMILES string of the molecule is CC(=O)Nc1nnc(CCCC(c2ccc(NC(=O)Cc3cccnc3)nc2)c2cccc(S(C)(=O)=O)c2)s1. The number of amides is 2. The number of aryl methyl sites for hydroxylation is 1. The highest BCUT2D eigenvalue weighted by Crippen LogP contribution is 2.32. The lowest BCUT2D eigenvalue weighted by atomic mass is 9.88. The summed E-state index contributed by atoms with van der Waals surface area (Å²) in [4.78, 5) is 32.4. The van der Waals surface area contributed by atoms with Crippen LogP contribution in [0.3, 0.4) is 0 Å². The molecule has 202 valence electrons. The van der Waals surface area contributed by atoms with Crippen molar-refractivity contribution in [3.05, 3.63) is 88.8 Å². The van der Waals surface area contributed by atoms with Crippen LogP contribution in [-0.4, -0.2) is 46.7 Å². The molecule has 0 aliphatic carbocycles. The number of nitrogens with zero attached hydrogens (tertiary/aromatic N) is 4. The van der Waals surface area contributed by atoms with E-state index in [9.17, 15) is 18.0 Å². The molecule has 0 spiro atoms. The average Bonchev–Trinajstić information content (AvgIpc) is 3.34. The largest absolute Gasteiger partial charge is 0.310 e. The molecule has 0 saturated heterocycles. The van der Waals surface area contributed by atoms with E-state index in [1.165, 1.54) is 24.5 Å². The zero-order chi connectivity index (χ0) is 27.8. The molecule has 1 atom stereocenters. The summed E-state index contributed by atoms with van der Waals surface area (Å²) >= 11 is 1.33. The van der Waals surface area contributed by atoms with Gasteiger partial charge in [-0.05, 0) is 53.8 Å².